The first-order valence-electron chi connectivity index (χ1n) is 7.71. The van der Waals surface area contributed by atoms with Crippen molar-refractivity contribution in [2.75, 3.05) is 19.6 Å². The Balaban J connectivity index is 2.00. The van der Waals surface area contributed by atoms with E-state index in [1.165, 1.54) is 38.5 Å². The topological polar surface area (TPSA) is 46.3 Å². The Bertz CT molecular complexity index is 280. The van der Waals surface area contributed by atoms with Crippen LogP contribution in [0.25, 0.3) is 0 Å². The number of rotatable bonds is 5. The van der Waals surface area contributed by atoms with Gasteiger partial charge in [0.1, 0.15) is 0 Å². The zero-order valence-electron chi connectivity index (χ0n) is 11.8. The van der Waals surface area contributed by atoms with Crippen LogP contribution in [0.3, 0.4) is 0 Å². The number of carbonyl (C=O) groups is 1. The molecule has 0 aromatic carbocycles. The fourth-order valence-corrected chi connectivity index (χ4v) is 3.41. The maximum Gasteiger partial charge on any atom is 0.230 e. The Morgan fingerprint density at radius 1 is 1.22 bits per heavy atom. The Labute approximate surface area is 111 Å². The maximum atomic E-state index is 12.8. The standard InChI is InChI=1S/C15H28N2O/c1-2-17(11-13-7-6-8-13)14(18)15(12-16)9-4-3-5-10-15/h13H,2-12,16H2,1H3. The van der Waals surface area contributed by atoms with Crippen molar-refractivity contribution in [2.45, 2.75) is 58.3 Å². The number of carbonyl (C=O) groups excluding carboxylic acids is 1. The highest BCUT2D eigenvalue weighted by atomic mass is 16.2. The SMILES string of the molecule is CCN(CC1CCC1)C(=O)C1(CN)CCCCC1. The summed E-state index contributed by atoms with van der Waals surface area (Å²) in [6, 6.07) is 0. The molecule has 0 aromatic rings. The zero-order valence-corrected chi connectivity index (χ0v) is 11.8. The second-order valence-corrected chi connectivity index (χ2v) is 6.19. The van der Waals surface area contributed by atoms with Crippen LogP contribution in [0, 0.1) is 11.3 Å². The summed E-state index contributed by atoms with van der Waals surface area (Å²) in [4.78, 5) is 14.9. The molecule has 1 amide bonds. The predicted molar refractivity (Wildman–Crippen MR) is 74.2 cm³/mol. The summed E-state index contributed by atoms with van der Waals surface area (Å²) in [5, 5.41) is 0. The van der Waals surface area contributed by atoms with Crippen LogP contribution in [0.2, 0.25) is 0 Å². The van der Waals surface area contributed by atoms with Gasteiger partial charge in [0.2, 0.25) is 5.91 Å². The van der Waals surface area contributed by atoms with E-state index < -0.39 is 0 Å². The van der Waals surface area contributed by atoms with E-state index in [-0.39, 0.29) is 5.41 Å². The van der Waals surface area contributed by atoms with Crippen molar-refractivity contribution in [1.82, 2.24) is 4.90 Å². The molecule has 3 nitrogen and oxygen atoms in total. The van der Waals surface area contributed by atoms with Crippen LogP contribution >= 0.6 is 0 Å². The summed E-state index contributed by atoms with van der Waals surface area (Å²) in [6.45, 7) is 4.45. The largest absolute Gasteiger partial charge is 0.342 e. The summed E-state index contributed by atoms with van der Waals surface area (Å²) in [7, 11) is 0. The second kappa shape index (κ2) is 6.05. The van der Waals surface area contributed by atoms with Crippen molar-refractivity contribution in [3.63, 3.8) is 0 Å². The molecule has 0 spiro atoms. The predicted octanol–water partition coefficient (Wildman–Crippen LogP) is 2.54. The molecule has 18 heavy (non-hydrogen) atoms. The summed E-state index contributed by atoms with van der Waals surface area (Å²) >= 11 is 0. The number of amides is 1. The van der Waals surface area contributed by atoms with Gasteiger partial charge in [0.25, 0.3) is 0 Å². The van der Waals surface area contributed by atoms with Crippen molar-refractivity contribution < 1.29 is 4.79 Å². The van der Waals surface area contributed by atoms with Crippen molar-refractivity contribution in [3.05, 3.63) is 0 Å². The highest BCUT2D eigenvalue weighted by molar-refractivity contribution is 5.83. The molecule has 0 bridgehead atoms. The van der Waals surface area contributed by atoms with Crippen molar-refractivity contribution in [2.24, 2.45) is 17.1 Å². The van der Waals surface area contributed by atoms with E-state index in [2.05, 4.69) is 11.8 Å². The van der Waals surface area contributed by atoms with Gasteiger partial charge in [-0.1, -0.05) is 25.7 Å². The summed E-state index contributed by atoms with van der Waals surface area (Å²) in [5.74, 6) is 1.10. The summed E-state index contributed by atoms with van der Waals surface area (Å²) < 4.78 is 0. The Morgan fingerprint density at radius 2 is 1.89 bits per heavy atom. The van der Waals surface area contributed by atoms with Gasteiger partial charge >= 0.3 is 0 Å². The molecule has 3 heteroatoms. The van der Waals surface area contributed by atoms with Crippen molar-refractivity contribution in [3.8, 4) is 0 Å². The molecule has 2 N–H and O–H groups in total. The third kappa shape index (κ3) is 2.71. The summed E-state index contributed by atoms with van der Waals surface area (Å²) in [6.07, 6.45) is 9.57. The molecular formula is C15H28N2O. The van der Waals surface area contributed by atoms with Crippen LogP contribution in [0.5, 0.6) is 0 Å². The van der Waals surface area contributed by atoms with E-state index >= 15 is 0 Å². The lowest BCUT2D eigenvalue weighted by Gasteiger charge is -2.41. The van der Waals surface area contributed by atoms with Crippen molar-refractivity contribution in [1.29, 1.82) is 0 Å². The van der Waals surface area contributed by atoms with Gasteiger partial charge in [-0.05, 0) is 38.5 Å². The highest BCUT2D eigenvalue weighted by Crippen LogP contribution is 2.38. The molecule has 104 valence electrons. The van der Waals surface area contributed by atoms with Crippen LogP contribution in [0.15, 0.2) is 0 Å². The molecule has 2 aliphatic carbocycles. The van der Waals surface area contributed by atoms with Crippen LogP contribution in [-0.2, 0) is 4.79 Å². The van der Waals surface area contributed by atoms with Gasteiger partial charge in [0.05, 0.1) is 5.41 Å². The van der Waals surface area contributed by atoms with Gasteiger partial charge in [-0.2, -0.15) is 0 Å². The number of nitrogens with zero attached hydrogens (tertiary/aromatic N) is 1. The first-order valence-corrected chi connectivity index (χ1v) is 7.71. The fourth-order valence-electron chi connectivity index (χ4n) is 3.41. The van der Waals surface area contributed by atoms with Gasteiger partial charge in [-0.15, -0.1) is 0 Å². The first-order chi connectivity index (χ1) is 8.72. The highest BCUT2D eigenvalue weighted by Gasteiger charge is 2.41. The van der Waals surface area contributed by atoms with E-state index in [0.717, 1.165) is 31.8 Å². The number of hydrogen-bond acceptors (Lipinski definition) is 2. The molecule has 2 rings (SSSR count). The average Bonchev–Trinajstić information content (AvgIpc) is 2.38. The van der Waals surface area contributed by atoms with Gasteiger partial charge in [0, 0.05) is 19.6 Å². The second-order valence-electron chi connectivity index (χ2n) is 6.19. The first kappa shape index (κ1) is 13.9. The Kier molecular flexibility index (Phi) is 4.66. The van der Waals surface area contributed by atoms with Gasteiger partial charge < -0.3 is 10.6 Å². The smallest absolute Gasteiger partial charge is 0.230 e. The molecule has 2 saturated carbocycles. The van der Waals surface area contributed by atoms with Gasteiger partial charge in [0.15, 0.2) is 0 Å². The normalized spacial score (nSPS) is 23.4. The average molecular weight is 252 g/mol. The number of nitrogens with two attached hydrogens (primary N) is 1. The molecular weight excluding hydrogens is 224 g/mol. The monoisotopic (exact) mass is 252 g/mol. The lowest BCUT2D eigenvalue weighted by atomic mass is 9.72. The van der Waals surface area contributed by atoms with E-state index in [1.807, 2.05) is 0 Å². The minimum Gasteiger partial charge on any atom is -0.342 e. The molecule has 0 radical (unpaired) electrons. The third-order valence-corrected chi connectivity index (χ3v) is 5.03. The molecule has 0 unspecified atom stereocenters. The van der Waals surface area contributed by atoms with Crippen LogP contribution < -0.4 is 5.73 Å². The van der Waals surface area contributed by atoms with Crippen LogP contribution in [0.4, 0.5) is 0 Å². The lowest BCUT2D eigenvalue weighted by Crippen LogP contribution is -2.50. The number of hydrogen-bond donors (Lipinski definition) is 1. The van der Waals surface area contributed by atoms with Gasteiger partial charge in [-0.25, -0.2) is 0 Å². The molecule has 2 fully saturated rings. The van der Waals surface area contributed by atoms with E-state index in [0.29, 0.717) is 12.5 Å². The molecule has 0 saturated heterocycles. The van der Waals surface area contributed by atoms with E-state index in [9.17, 15) is 4.79 Å². The van der Waals surface area contributed by atoms with Crippen LogP contribution in [-0.4, -0.2) is 30.4 Å². The molecule has 0 atom stereocenters. The lowest BCUT2D eigenvalue weighted by molar-refractivity contribution is -0.144. The zero-order chi connectivity index (χ0) is 13.0. The quantitative estimate of drug-likeness (QED) is 0.817. The maximum absolute atomic E-state index is 12.8. The molecule has 0 aromatic heterocycles. The molecule has 0 aliphatic heterocycles. The van der Waals surface area contributed by atoms with Crippen LogP contribution in [0.1, 0.15) is 58.3 Å². The third-order valence-electron chi connectivity index (χ3n) is 5.03. The molecule has 2 aliphatic rings. The van der Waals surface area contributed by atoms with Gasteiger partial charge in [-0.3, -0.25) is 4.79 Å². The van der Waals surface area contributed by atoms with E-state index in [1.54, 1.807) is 0 Å². The minimum atomic E-state index is -0.224. The van der Waals surface area contributed by atoms with Crippen molar-refractivity contribution >= 4 is 5.91 Å². The fraction of sp³-hybridized carbons (Fsp3) is 0.933. The van der Waals surface area contributed by atoms with E-state index in [4.69, 9.17) is 5.73 Å². The Hall–Kier alpha value is -0.570. The molecule has 0 heterocycles. The summed E-state index contributed by atoms with van der Waals surface area (Å²) in [5.41, 5.74) is 5.74. The minimum absolute atomic E-state index is 0.224. The Morgan fingerprint density at radius 3 is 2.33 bits per heavy atom.